The molecular weight excluding hydrogens is 640 g/mol. The Kier molecular flexibility index (Phi) is 10.7. The third-order valence-electron chi connectivity index (χ3n) is 9.68. The lowest BCUT2D eigenvalue weighted by molar-refractivity contribution is 0.0774. The molecule has 0 radical (unpaired) electrons. The Labute approximate surface area is 298 Å². The molecule has 1 fully saturated rings. The van der Waals surface area contributed by atoms with E-state index in [2.05, 4.69) is 4.99 Å². The molecule has 0 spiro atoms. The summed E-state index contributed by atoms with van der Waals surface area (Å²) < 4.78 is 19.4. The van der Waals surface area contributed by atoms with Gasteiger partial charge in [0.2, 0.25) is 0 Å². The minimum Gasteiger partial charge on any atom is -0.494 e. The summed E-state index contributed by atoms with van der Waals surface area (Å²) in [6.45, 7) is 2.01. The van der Waals surface area contributed by atoms with Gasteiger partial charge in [-0.1, -0.05) is 74.6 Å². The fourth-order valence-electron chi connectivity index (χ4n) is 6.92. The molecule has 0 unspecified atom stereocenters. The second-order valence-corrected chi connectivity index (χ2v) is 13.1. The van der Waals surface area contributed by atoms with Gasteiger partial charge in [0.1, 0.15) is 11.6 Å². The number of aliphatic imine (C=N–C) groups is 1. The highest BCUT2D eigenvalue weighted by Gasteiger charge is 2.32. The van der Waals surface area contributed by atoms with Crippen LogP contribution in [0.15, 0.2) is 101 Å². The molecule has 4 aromatic carbocycles. The Bertz CT molecular complexity index is 2060. The molecule has 7 rings (SSSR count). The molecule has 0 aliphatic carbocycles. The molecule has 1 aromatic heterocycles. The molecular formula is C42H44N4O5. The standard InChI is InChI=1S/C42H44N4O5/c1-49-38-27-35-37(43-29-32-17-14-24-45(32)41(35)47)28-39(38)51-26-13-6-4-2-3-5-12-25-50-33-22-20-31(21-23-33)46-40(30-15-8-7-9-16-30)44-36-19-11-10-18-34(36)42(46)48/h7-11,15-16,18-23,27-29,32H,2-6,12-14,17,24-26H2,1H3/t32-/m0/s1. The first kappa shape index (κ1) is 34.0. The molecule has 2 aliphatic rings. The van der Waals surface area contributed by atoms with Gasteiger partial charge in [-0.05, 0) is 68.1 Å². The largest absolute Gasteiger partial charge is 0.494 e. The van der Waals surface area contributed by atoms with Gasteiger partial charge in [-0.3, -0.25) is 19.1 Å². The number of methoxy groups -OCH3 is 1. The van der Waals surface area contributed by atoms with Crippen molar-refractivity contribution in [2.24, 2.45) is 4.99 Å². The van der Waals surface area contributed by atoms with Gasteiger partial charge in [0.15, 0.2) is 11.5 Å². The zero-order valence-corrected chi connectivity index (χ0v) is 29.1. The molecule has 2 aliphatic heterocycles. The number of aromatic nitrogens is 2. The highest BCUT2D eigenvalue weighted by molar-refractivity contribution is 6.03. The van der Waals surface area contributed by atoms with Gasteiger partial charge in [0.25, 0.3) is 11.5 Å². The molecule has 0 N–H and O–H groups in total. The normalized spacial score (nSPS) is 15.0. The van der Waals surface area contributed by atoms with Crippen molar-refractivity contribution >= 4 is 28.7 Å². The number of para-hydroxylation sites is 1. The van der Waals surface area contributed by atoms with Gasteiger partial charge >= 0.3 is 0 Å². The summed E-state index contributed by atoms with van der Waals surface area (Å²) in [5.74, 6) is 2.62. The first-order chi connectivity index (χ1) is 25.1. The number of ether oxygens (including phenoxy) is 3. The summed E-state index contributed by atoms with van der Waals surface area (Å²) in [4.78, 5) is 38.1. The van der Waals surface area contributed by atoms with Crippen molar-refractivity contribution < 1.29 is 19.0 Å². The second kappa shape index (κ2) is 16.1. The Morgan fingerprint density at radius 3 is 2.24 bits per heavy atom. The minimum atomic E-state index is -0.0974. The van der Waals surface area contributed by atoms with Gasteiger partial charge in [-0.15, -0.1) is 0 Å². The number of unbranched alkanes of at least 4 members (excludes halogenated alkanes) is 6. The molecule has 5 aromatic rings. The van der Waals surface area contributed by atoms with Crippen LogP contribution in [0.3, 0.4) is 0 Å². The number of hydrogen-bond donors (Lipinski definition) is 0. The predicted molar refractivity (Wildman–Crippen MR) is 201 cm³/mol. The SMILES string of the molecule is COc1cc2c(cc1OCCCCCCCCCOc1ccc(-n3c(-c4ccccc4)nc4ccccc4c3=O)cc1)N=C[C@@H]1CCCN1C2=O. The summed E-state index contributed by atoms with van der Waals surface area (Å²) in [7, 11) is 1.61. The molecule has 262 valence electrons. The lowest BCUT2D eigenvalue weighted by atomic mass is 10.1. The van der Waals surface area contributed by atoms with Gasteiger partial charge in [-0.25, -0.2) is 4.98 Å². The van der Waals surface area contributed by atoms with Gasteiger partial charge < -0.3 is 19.1 Å². The molecule has 1 amide bonds. The first-order valence-electron chi connectivity index (χ1n) is 18.1. The maximum absolute atomic E-state index is 13.6. The highest BCUT2D eigenvalue weighted by atomic mass is 16.5. The topological polar surface area (TPSA) is 95.2 Å². The number of rotatable bonds is 15. The van der Waals surface area contributed by atoms with Crippen molar-refractivity contribution in [3.05, 3.63) is 107 Å². The van der Waals surface area contributed by atoms with Crippen LogP contribution < -0.4 is 19.8 Å². The fourth-order valence-corrected chi connectivity index (χ4v) is 6.92. The van der Waals surface area contributed by atoms with Crippen LogP contribution in [0.4, 0.5) is 5.69 Å². The Hall–Kier alpha value is -5.44. The third-order valence-corrected chi connectivity index (χ3v) is 9.68. The van der Waals surface area contributed by atoms with E-state index in [9.17, 15) is 9.59 Å². The molecule has 9 heteroatoms. The smallest absolute Gasteiger partial charge is 0.266 e. The summed E-state index contributed by atoms with van der Waals surface area (Å²) in [5, 5.41) is 0.586. The number of carbonyl (C=O) groups is 1. The van der Waals surface area contributed by atoms with Crippen molar-refractivity contribution in [2.45, 2.75) is 63.8 Å². The van der Waals surface area contributed by atoms with Crippen molar-refractivity contribution in [1.82, 2.24) is 14.5 Å². The predicted octanol–water partition coefficient (Wildman–Crippen LogP) is 8.57. The second-order valence-electron chi connectivity index (χ2n) is 13.1. The van der Waals surface area contributed by atoms with E-state index in [1.54, 1.807) is 17.7 Å². The zero-order chi connectivity index (χ0) is 35.0. The summed E-state index contributed by atoms with van der Waals surface area (Å²) in [5.41, 5.74) is 3.44. The monoisotopic (exact) mass is 684 g/mol. The quantitative estimate of drug-likeness (QED) is 0.103. The molecule has 1 saturated heterocycles. The average Bonchev–Trinajstić information content (AvgIpc) is 3.60. The lowest BCUT2D eigenvalue weighted by Gasteiger charge is -2.20. The van der Waals surface area contributed by atoms with E-state index in [1.165, 1.54) is 6.42 Å². The van der Waals surface area contributed by atoms with Gasteiger partial charge in [-0.2, -0.15) is 0 Å². The van der Waals surface area contributed by atoms with E-state index in [0.717, 1.165) is 74.9 Å². The maximum atomic E-state index is 13.6. The van der Waals surface area contributed by atoms with Crippen LogP contribution in [0.5, 0.6) is 17.2 Å². The van der Waals surface area contributed by atoms with Gasteiger partial charge in [0, 0.05) is 24.4 Å². The minimum absolute atomic E-state index is 0.0164. The average molecular weight is 685 g/mol. The van der Waals surface area contributed by atoms with Crippen LogP contribution >= 0.6 is 0 Å². The van der Waals surface area contributed by atoms with Crippen molar-refractivity contribution in [2.75, 3.05) is 26.9 Å². The lowest BCUT2D eigenvalue weighted by Crippen LogP contribution is -2.35. The number of amides is 1. The van der Waals surface area contributed by atoms with Crippen LogP contribution in [0.2, 0.25) is 0 Å². The summed E-state index contributed by atoms with van der Waals surface area (Å²) >= 11 is 0. The van der Waals surface area contributed by atoms with Crippen LogP contribution in [-0.4, -0.2) is 59.5 Å². The van der Waals surface area contributed by atoms with Crippen molar-refractivity contribution in [3.63, 3.8) is 0 Å². The van der Waals surface area contributed by atoms with Crippen molar-refractivity contribution in [1.29, 1.82) is 0 Å². The number of carbonyl (C=O) groups excluding carboxylic acids is 1. The van der Waals surface area contributed by atoms with Gasteiger partial charge in [0.05, 0.1) is 54.2 Å². The molecule has 1 atom stereocenters. The fraction of sp³-hybridized carbons (Fsp3) is 0.333. The van der Waals surface area contributed by atoms with E-state index in [1.807, 2.05) is 96.0 Å². The van der Waals surface area contributed by atoms with Crippen molar-refractivity contribution in [3.8, 4) is 34.3 Å². The number of fused-ring (bicyclic) bond motifs is 3. The Balaban J connectivity index is 0.828. The van der Waals surface area contributed by atoms with Crippen LogP contribution in [0, 0.1) is 0 Å². The summed E-state index contributed by atoms with van der Waals surface area (Å²) in [6.07, 6.45) is 11.5. The molecule has 0 bridgehead atoms. The van der Waals surface area contributed by atoms with E-state index < -0.39 is 0 Å². The van der Waals surface area contributed by atoms with E-state index in [0.29, 0.717) is 52.7 Å². The zero-order valence-electron chi connectivity index (χ0n) is 29.1. The van der Waals surface area contributed by atoms with Crippen LogP contribution in [0.1, 0.15) is 68.1 Å². The van der Waals surface area contributed by atoms with E-state index >= 15 is 0 Å². The number of hydrogen-bond acceptors (Lipinski definition) is 7. The highest BCUT2D eigenvalue weighted by Crippen LogP contribution is 2.38. The molecule has 0 saturated carbocycles. The molecule has 51 heavy (non-hydrogen) atoms. The summed E-state index contributed by atoms with van der Waals surface area (Å²) in [6, 6.07) is 28.6. The number of benzene rings is 4. The van der Waals surface area contributed by atoms with E-state index in [4.69, 9.17) is 19.2 Å². The molecule has 9 nitrogen and oxygen atoms in total. The molecule has 3 heterocycles. The van der Waals surface area contributed by atoms with Crippen LogP contribution in [0.25, 0.3) is 28.0 Å². The first-order valence-corrected chi connectivity index (χ1v) is 18.1. The van der Waals surface area contributed by atoms with E-state index in [-0.39, 0.29) is 17.5 Å². The maximum Gasteiger partial charge on any atom is 0.266 e. The Morgan fingerprint density at radius 2 is 1.47 bits per heavy atom. The Morgan fingerprint density at radius 1 is 0.765 bits per heavy atom. The number of nitrogens with zero attached hydrogens (tertiary/aromatic N) is 4. The third kappa shape index (κ3) is 7.67. The van der Waals surface area contributed by atoms with Crippen LogP contribution in [-0.2, 0) is 0 Å².